The molecule has 0 aromatic heterocycles. The zero-order chi connectivity index (χ0) is 17.6. The number of amides is 2. The molecule has 2 amide bonds. The SMILES string of the molecule is C[C@H](C(=O)N1CCCC1)N1CCCN(C(=O)Oc2ccccc2)CC1. The minimum Gasteiger partial charge on any atom is -0.410 e. The van der Waals surface area contributed by atoms with Gasteiger partial charge in [0.25, 0.3) is 0 Å². The first-order chi connectivity index (χ1) is 12.1. The maximum absolute atomic E-state index is 12.6. The van der Waals surface area contributed by atoms with Crippen molar-refractivity contribution in [2.45, 2.75) is 32.2 Å². The van der Waals surface area contributed by atoms with E-state index in [4.69, 9.17) is 4.74 Å². The van der Waals surface area contributed by atoms with E-state index in [1.807, 2.05) is 30.0 Å². The van der Waals surface area contributed by atoms with Gasteiger partial charge in [0.05, 0.1) is 6.04 Å². The monoisotopic (exact) mass is 345 g/mol. The average molecular weight is 345 g/mol. The molecule has 0 saturated carbocycles. The molecule has 6 heteroatoms. The Bertz CT molecular complexity index is 587. The Morgan fingerprint density at radius 2 is 1.56 bits per heavy atom. The highest BCUT2D eigenvalue weighted by Gasteiger charge is 2.30. The largest absolute Gasteiger partial charge is 0.415 e. The molecule has 0 spiro atoms. The van der Waals surface area contributed by atoms with Crippen molar-refractivity contribution < 1.29 is 14.3 Å². The molecule has 0 unspecified atom stereocenters. The number of likely N-dealkylation sites (tertiary alicyclic amines) is 1. The van der Waals surface area contributed by atoms with Crippen molar-refractivity contribution in [1.29, 1.82) is 0 Å². The summed E-state index contributed by atoms with van der Waals surface area (Å²) in [4.78, 5) is 30.8. The van der Waals surface area contributed by atoms with Gasteiger partial charge in [0, 0.05) is 39.3 Å². The maximum Gasteiger partial charge on any atom is 0.415 e. The van der Waals surface area contributed by atoms with Gasteiger partial charge in [-0.2, -0.15) is 0 Å². The second kappa shape index (κ2) is 8.34. The Balaban J connectivity index is 1.53. The minimum absolute atomic E-state index is 0.122. The van der Waals surface area contributed by atoms with E-state index in [0.717, 1.165) is 38.9 Å². The normalized spacial score (nSPS) is 20.2. The molecule has 136 valence electrons. The Morgan fingerprint density at radius 1 is 0.880 bits per heavy atom. The lowest BCUT2D eigenvalue weighted by atomic mass is 10.2. The smallest absolute Gasteiger partial charge is 0.410 e. The molecule has 0 N–H and O–H groups in total. The van der Waals surface area contributed by atoms with E-state index >= 15 is 0 Å². The van der Waals surface area contributed by atoms with E-state index in [-0.39, 0.29) is 18.0 Å². The number of benzene rings is 1. The van der Waals surface area contributed by atoms with Crippen molar-refractivity contribution in [3.05, 3.63) is 30.3 Å². The summed E-state index contributed by atoms with van der Waals surface area (Å²) in [6.45, 7) is 6.52. The first-order valence-corrected chi connectivity index (χ1v) is 9.20. The van der Waals surface area contributed by atoms with Crippen LogP contribution in [0.5, 0.6) is 5.75 Å². The van der Waals surface area contributed by atoms with Crippen LogP contribution in [0.25, 0.3) is 0 Å². The average Bonchev–Trinajstić information content (AvgIpc) is 3.05. The Kier molecular flexibility index (Phi) is 5.91. The van der Waals surface area contributed by atoms with Gasteiger partial charge >= 0.3 is 6.09 Å². The third-order valence-corrected chi connectivity index (χ3v) is 5.06. The van der Waals surface area contributed by atoms with Gasteiger partial charge in [-0.1, -0.05) is 18.2 Å². The predicted octanol–water partition coefficient (Wildman–Crippen LogP) is 2.20. The van der Waals surface area contributed by atoms with Crippen molar-refractivity contribution in [1.82, 2.24) is 14.7 Å². The van der Waals surface area contributed by atoms with Gasteiger partial charge in [-0.05, 0) is 38.3 Å². The number of hydrogen-bond donors (Lipinski definition) is 0. The molecule has 1 aromatic carbocycles. The summed E-state index contributed by atoms with van der Waals surface area (Å²) in [7, 11) is 0. The fraction of sp³-hybridized carbons (Fsp3) is 0.579. The molecule has 2 aliphatic heterocycles. The van der Waals surface area contributed by atoms with Crippen LogP contribution < -0.4 is 4.74 Å². The number of rotatable bonds is 3. The van der Waals surface area contributed by atoms with Gasteiger partial charge in [0.2, 0.25) is 5.91 Å². The number of ether oxygens (including phenoxy) is 1. The molecule has 6 nitrogen and oxygen atoms in total. The fourth-order valence-corrected chi connectivity index (χ4v) is 3.52. The Hall–Kier alpha value is -2.08. The number of para-hydroxylation sites is 1. The van der Waals surface area contributed by atoms with E-state index in [1.165, 1.54) is 0 Å². The van der Waals surface area contributed by atoms with Gasteiger partial charge in [0.1, 0.15) is 5.75 Å². The van der Waals surface area contributed by atoms with E-state index in [2.05, 4.69) is 4.90 Å². The Morgan fingerprint density at radius 3 is 2.28 bits per heavy atom. The molecule has 2 fully saturated rings. The highest BCUT2D eigenvalue weighted by molar-refractivity contribution is 5.81. The molecule has 1 aromatic rings. The van der Waals surface area contributed by atoms with Crippen molar-refractivity contribution in [2.75, 3.05) is 39.3 Å². The molecule has 2 aliphatic rings. The zero-order valence-corrected chi connectivity index (χ0v) is 14.9. The van der Waals surface area contributed by atoms with Crippen molar-refractivity contribution in [3.63, 3.8) is 0 Å². The summed E-state index contributed by atoms with van der Waals surface area (Å²) in [5.41, 5.74) is 0. The third kappa shape index (κ3) is 4.51. The van der Waals surface area contributed by atoms with Gasteiger partial charge in [-0.25, -0.2) is 4.79 Å². The first kappa shape index (κ1) is 17.7. The number of carbonyl (C=O) groups excluding carboxylic acids is 2. The summed E-state index contributed by atoms with van der Waals surface area (Å²) < 4.78 is 5.43. The molecule has 1 atom stereocenters. The number of nitrogens with zero attached hydrogens (tertiary/aromatic N) is 3. The van der Waals surface area contributed by atoms with Crippen LogP contribution in [0.15, 0.2) is 30.3 Å². The predicted molar refractivity (Wildman–Crippen MR) is 95.5 cm³/mol. The van der Waals surface area contributed by atoms with Crippen LogP contribution in [-0.2, 0) is 4.79 Å². The highest BCUT2D eigenvalue weighted by atomic mass is 16.6. The lowest BCUT2D eigenvalue weighted by Crippen LogP contribution is -2.47. The van der Waals surface area contributed by atoms with E-state index in [1.54, 1.807) is 17.0 Å². The molecule has 25 heavy (non-hydrogen) atoms. The molecule has 0 radical (unpaired) electrons. The summed E-state index contributed by atoms with van der Waals surface area (Å²) in [6, 6.07) is 9.01. The van der Waals surface area contributed by atoms with Gasteiger partial charge < -0.3 is 14.5 Å². The quantitative estimate of drug-likeness (QED) is 0.843. The van der Waals surface area contributed by atoms with E-state index in [0.29, 0.717) is 25.4 Å². The van der Waals surface area contributed by atoms with Crippen LogP contribution >= 0.6 is 0 Å². The molecule has 3 rings (SSSR count). The lowest BCUT2D eigenvalue weighted by Gasteiger charge is -2.30. The zero-order valence-electron chi connectivity index (χ0n) is 14.9. The third-order valence-electron chi connectivity index (χ3n) is 5.06. The fourth-order valence-electron chi connectivity index (χ4n) is 3.52. The van der Waals surface area contributed by atoms with E-state index < -0.39 is 0 Å². The summed E-state index contributed by atoms with van der Waals surface area (Å²) in [6.07, 6.45) is 2.75. The molecule has 0 aliphatic carbocycles. The second-order valence-corrected chi connectivity index (χ2v) is 6.77. The van der Waals surface area contributed by atoms with Crippen molar-refractivity contribution >= 4 is 12.0 Å². The van der Waals surface area contributed by atoms with Crippen LogP contribution in [0, 0.1) is 0 Å². The summed E-state index contributed by atoms with van der Waals surface area (Å²) in [5.74, 6) is 0.781. The van der Waals surface area contributed by atoms with Gasteiger partial charge in [0.15, 0.2) is 0 Å². The van der Waals surface area contributed by atoms with Crippen LogP contribution in [0.4, 0.5) is 4.79 Å². The minimum atomic E-state index is -0.313. The van der Waals surface area contributed by atoms with Crippen LogP contribution in [-0.4, -0.2) is 72.0 Å². The topological polar surface area (TPSA) is 53.1 Å². The second-order valence-electron chi connectivity index (χ2n) is 6.77. The van der Waals surface area contributed by atoms with E-state index in [9.17, 15) is 9.59 Å². The summed E-state index contributed by atoms with van der Waals surface area (Å²) >= 11 is 0. The van der Waals surface area contributed by atoms with Crippen LogP contribution in [0.3, 0.4) is 0 Å². The molecular formula is C19H27N3O3. The standard InChI is InChI=1S/C19H27N3O3/c1-16(18(23)21-10-5-6-11-21)20-12-7-13-22(15-14-20)19(24)25-17-8-3-2-4-9-17/h2-4,8-9,16H,5-7,10-15H2,1H3/t16-/m1/s1. The number of hydrogen-bond acceptors (Lipinski definition) is 4. The van der Waals surface area contributed by atoms with Crippen molar-refractivity contribution in [2.24, 2.45) is 0 Å². The molecular weight excluding hydrogens is 318 g/mol. The highest BCUT2D eigenvalue weighted by Crippen LogP contribution is 2.15. The first-order valence-electron chi connectivity index (χ1n) is 9.20. The summed E-state index contributed by atoms with van der Waals surface area (Å²) in [5, 5.41) is 0. The molecule has 0 bridgehead atoms. The lowest BCUT2D eigenvalue weighted by molar-refractivity contribution is -0.135. The van der Waals surface area contributed by atoms with Crippen molar-refractivity contribution in [3.8, 4) is 5.75 Å². The van der Waals surface area contributed by atoms with Crippen LogP contribution in [0.2, 0.25) is 0 Å². The van der Waals surface area contributed by atoms with Gasteiger partial charge in [-0.15, -0.1) is 0 Å². The molecule has 2 saturated heterocycles. The van der Waals surface area contributed by atoms with Crippen LogP contribution in [0.1, 0.15) is 26.2 Å². The maximum atomic E-state index is 12.6. The molecule has 2 heterocycles. The van der Waals surface area contributed by atoms with Gasteiger partial charge in [-0.3, -0.25) is 9.69 Å². The Labute approximate surface area is 149 Å². The number of carbonyl (C=O) groups is 2.